The first-order chi connectivity index (χ1) is 26.3. The molecule has 16 nitrogen and oxygen atoms in total. The zero-order valence-corrected chi connectivity index (χ0v) is 30.3. The summed E-state index contributed by atoms with van der Waals surface area (Å²) in [5, 5.41) is 11.9. The second-order valence-electron chi connectivity index (χ2n) is 11.8. The molecule has 0 saturated carbocycles. The third-order valence-corrected chi connectivity index (χ3v) is 8.72. The van der Waals surface area contributed by atoms with Gasteiger partial charge in [-0.15, -0.1) is 0 Å². The van der Waals surface area contributed by atoms with Gasteiger partial charge in [0.15, 0.2) is 0 Å². The van der Waals surface area contributed by atoms with Gasteiger partial charge in [-0.3, -0.25) is 19.8 Å². The quantitative estimate of drug-likeness (QED) is 0.104. The largest absolute Gasteiger partial charge is 0.497 e. The monoisotopic (exact) mass is 730 g/mol. The number of aromatic amines is 4. The van der Waals surface area contributed by atoms with Crippen molar-refractivity contribution in [2.75, 3.05) is 53.2 Å². The molecule has 0 radical (unpaired) electrons. The molecule has 4 aromatic heterocycles. The van der Waals surface area contributed by atoms with E-state index in [0.717, 1.165) is 22.1 Å². The Morgan fingerprint density at radius 2 is 0.889 bits per heavy atom. The lowest BCUT2D eigenvalue weighted by molar-refractivity contribution is 0.393. The lowest BCUT2D eigenvalue weighted by Crippen LogP contribution is -2.06. The number of ether oxygens (including phenoxy) is 4. The summed E-state index contributed by atoms with van der Waals surface area (Å²) in [6.07, 6.45) is 0. The fourth-order valence-electron chi connectivity index (χ4n) is 6.15. The molecule has 0 spiro atoms. The molecule has 0 atom stereocenters. The Bertz CT molecular complexity index is 2420. The van der Waals surface area contributed by atoms with Crippen LogP contribution in [0.1, 0.15) is 0 Å². The number of para-hydroxylation sites is 4. The topological polar surface area (TPSA) is 194 Å². The minimum Gasteiger partial charge on any atom is -0.497 e. The van der Waals surface area contributed by atoms with Crippen molar-refractivity contribution in [1.29, 1.82) is 0 Å². The number of nitrogens with zero attached hydrogens (tertiary/aromatic N) is 4. The fraction of sp³-hybridized carbons (Fsp3) is 0.158. The van der Waals surface area contributed by atoms with Gasteiger partial charge in [-0.1, -0.05) is 24.3 Å². The molecule has 0 fully saturated rings. The van der Waals surface area contributed by atoms with Crippen molar-refractivity contribution in [3.8, 4) is 57.1 Å². The van der Waals surface area contributed by atoms with Crippen molar-refractivity contribution < 1.29 is 18.9 Å². The van der Waals surface area contributed by atoms with Crippen LogP contribution in [-0.2, 0) is 0 Å². The Morgan fingerprint density at radius 1 is 0.537 bits per heavy atom. The van der Waals surface area contributed by atoms with E-state index >= 15 is 0 Å². The van der Waals surface area contributed by atoms with Crippen molar-refractivity contribution in [2.24, 2.45) is 0 Å². The van der Waals surface area contributed by atoms with Crippen molar-refractivity contribution in [3.05, 3.63) is 106 Å². The number of aromatic nitrogens is 8. The minimum absolute atomic E-state index is 0.264. The highest BCUT2D eigenvalue weighted by Gasteiger charge is 2.22. The van der Waals surface area contributed by atoms with Crippen LogP contribution in [0.5, 0.6) is 23.0 Å². The predicted octanol–water partition coefficient (Wildman–Crippen LogP) is 5.54. The van der Waals surface area contributed by atoms with E-state index in [-0.39, 0.29) is 11.1 Å². The summed E-state index contributed by atoms with van der Waals surface area (Å²) in [6.45, 7) is 0. The first-order valence-electron chi connectivity index (χ1n) is 16.7. The molecule has 0 amide bonds. The highest BCUT2D eigenvalue weighted by molar-refractivity contribution is 5.83. The highest BCUT2D eigenvalue weighted by Crippen LogP contribution is 2.32. The lowest BCUT2D eigenvalue weighted by atomic mass is 10.2. The maximum atomic E-state index is 12.7. The molecule has 54 heavy (non-hydrogen) atoms. The normalized spacial score (nSPS) is 10.9. The molecule has 8 rings (SSSR count). The Labute approximate surface area is 307 Å². The number of hydrogen-bond acceptors (Lipinski definition) is 10. The molecule has 16 heteroatoms. The van der Waals surface area contributed by atoms with Crippen molar-refractivity contribution in [1.82, 2.24) is 39.5 Å². The van der Waals surface area contributed by atoms with Crippen LogP contribution in [0.4, 0.5) is 11.6 Å². The molecular weight excluding hydrogens is 692 g/mol. The van der Waals surface area contributed by atoms with Crippen LogP contribution < -0.4 is 40.7 Å². The number of rotatable bonds is 10. The van der Waals surface area contributed by atoms with Gasteiger partial charge in [-0.25, -0.2) is 19.3 Å². The summed E-state index contributed by atoms with van der Waals surface area (Å²) in [4.78, 5) is 41.0. The van der Waals surface area contributed by atoms with E-state index in [9.17, 15) is 9.59 Å². The van der Waals surface area contributed by atoms with E-state index in [1.54, 1.807) is 64.0 Å². The average molecular weight is 731 g/mol. The van der Waals surface area contributed by atoms with Gasteiger partial charge >= 0.3 is 0 Å². The SMILES string of the molecule is CNc1c(-c2nc3ccccc3[nH]2)c(=O)[nH]n1-c1cc(OC)cc(OC)c1.CNc1c(-c2nc3ccccc3[nH]2)c(=O)[nH]n1-c1cc(OC)cc(OC)c1. The maximum absolute atomic E-state index is 12.7. The molecular formula is C38H38N10O6. The fourth-order valence-corrected chi connectivity index (χ4v) is 6.15. The summed E-state index contributed by atoms with van der Waals surface area (Å²) in [5.74, 6) is 4.62. The Balaban J connectivity index is 0.000000167. The molecule has 4 heterocycles. The number of methoxy groups -OCH3 is 4. The molecule has 8 aromatic rings. The summed E-state index contributed by atoms with van der Waals surface area (Å²) in [7, 11) is 9.82. The van der Waals surface area contributed by atoms with Crippen LogP contribution in [-0.4, -0.2) is 82.0 Å². The molecule has 0 saturated heterocycles. The molecule has 0 aliphatic heterocycles. The van der Waals surface area contributed by atoms with Gasteiger partial charge < -0.3 is 39.5 Å². The van der Waals surface area contributed by atoms with Gasteiger partial charge in [0.2, 0.25) is 0 Å². The van der Waals surface area contributed by atoms with Crippen molar-refractivity contribution in [3.63, 3.8) is 0 Å². The lowest BCUT2D eigenvalue weighted by Gasteiger charge is -2.12. The van der Waals surface area contributed by atoms with Crippen molar-refractivity contribution in [2.45, 2.75) is 0 Å². The van der Waals surface area contributed by atoms with Gasteiger partial charge in [0, 0.05) is 50.5 Å². The van der Waals surface area contributed by atoms with Crippen LogP contribution >= 0.6 is 0 Å². The first-order valence-corrected chi connectivity index (χ1v) is 16.7. The van der Waals surface area contributed by atoms with E-state index in [0.29, 0.717) is 68.8 Å². The van der Waals surface area contributed by atoms with Gasteiger partial charge in [0.25, 0.3) is 11.1 Å². The standard InChI is InChI=1S/2C19H19N5O3/c2*1-20-18-16(17-21-14-6-4-5-7-15(14)22-17)19(25)23-24(18)11-8-12(26-2)10-13(9-11)27-3/h2*4-10,20H,1-3H3,(H,21,22)(H,23,25). The third-order valence-electron chi connectivity index (χ3n) is 8.72. The van der Waals surface area contributed by atoms with E-state index in [1.807, 2.05) is 72.8 Å². The molecule has 0 aliphatic rings. The van der Waals surface area contributed by atoms with Crippen molar-refractivity contribution >= 4 is 33.7 Å². The van der Waals surface area contributed by atoms with E-state index in [4.69, 9.17) is 18.9 Å². The average Bonchev–Trinajstić information content (AvgIpc) is 3.99. The van der Waals surface area contributed by atoms with Gasteiger partial charge in [-0.05, 0) is 24.3 Å². The van der Waals surface area contributed by atoms with E-state index in [2.05, 4.69) is 40.8 Å². The third kappa shape index (κ3) is 6.47. The summed E-state index contributed by atoms with van der Waals surface area (Å²) >= 11 is 0. The molecule has 6 N–H and O–H groups in total. The van der Waals surface area contributed by atoms with Crippen LogP contribution in [0.25, 0.3) is 56.2 Å². The Kier molecular flexibility index (Phi) is 9.55. The Hall–Kier alpha value is -7.36. The van der Waals surface area contributed by atoms with Crippen LogP contribution in [0.2, 0.25) is 0 Å². The van der Waals surface area contributed by atoms with Crippen LogP contribution in [0, 0.1) is 0 Å². The number of nitrogens with one attached hydrogen (secondary N) is 6. The number of anilines is 2. The number of fused-ring (bicyclic) bond motifs is 2. The Morgan fingerprint density at radius 3 is 1.20 bits per heavy atom. The smallest absolute Gasteiger partial charge is 0.277 e. The summed E-state index contributed by atoms with van der Waals surface area (Å²) in [5.41, 5.74) is 5.03. The molecule has 0 bridgehead atoms. The summed E-state index contributed by atoms with van der Waals surface area (Å²) < 4.78 is 24.6. The van der Waals surface area contributed by atoms with Crippen LogP contribution in [0.15, 0.2) is 94.5 Å². The second kappa shape index (κ2) is 14.7. The second-order valence-corrected chi connectivity index (χ2v) is 11.8. The summed E-state index contributed by atoms with van der Waals surface area (Å²) in [6, 6.07) is 26.0. The van der Waals surface area contributed by atoms with Gasteiger partial charge in [0.05, 0.1) is 61.9 Å². The number of imidazole rings is 2. The van der Waals surface area contributed by atoms with Gasteiger partial charge in [-0.2, -0.15) is 0 Å². The number of hydrogen-bond donors (Lipinski definition) is 6. The predicted molar refractivity (Wildman–Crippen MR) is 208 cm³/mol. The molecule has 0 aliphatic carbocycles. The highest BCUT2D eigenvalue weighted by atomic mass is 16.5. The van der Waals surface area contributed by atoms with E-state index < -0.39 is 0 Å². The molecule has 0 unspecified atom stereocenters. The zero-order valence-electron chi connectivity index (χ0n) is 30.3. The molecule has 4 aromatic carbocycles. The number of H-pyrrole nitrogens is 4. The van der Waals surface area contributed by atoms with Crippen LogP contribution in [0.3, 0.4) is 0 Å². The van der Waals surface area contributed by atoms with Gasteiger partial charge in [0.1, 0.15) is 57.4 Å². The zero-order chi connectivity index (χ0) is 37.9. The number of benzene rings is 4. The van der Waals surface area contributed by atoms with E-state index in [1.165, 1.54) is 0 Å². The first kappa shape index (κ1) is 35.1. The minimum atomic E-state index is -0.264. The maximum Gasteiger partial charge on any atom is 0.277 e. The molecule has 276 valence electrons.